The van der Waals surface area contributed by atoms with Gasteiger partial charge in [-0.25, -0.2) is 0 Å². The number of ether oxygens (including phenoxy) is 1. The number of amides is 1. The third kappa shape index (κ3) is 4.58. The van der Waals surface area contributed by atoms with Crippen molar-refractivity contribution in [3.63, 3.8) is 0 Å². The number of aromatic nitrogens is 1. The lowest BCUT2D eigenvalue weighted by molar-refractivity contribution is -0.139. The molecule has 0 unspecified atom stereocenters. The maximum Gasteiger partial charge on any atom is 0.295 e. The van der Waals surface area contributed by atoms with Crippen LogP contribution in [0.15, 0.2) is 84.6 Å². The van der Waals surface area contributed by atoms with E-state index in [0.29, 0.717) is 24.3 Å². The summed E-state index contributed by atoms with van der Waals surface area (Å²) in [5, 5.41) is 12.4. The second-order valence-electron chi connectivity index (χ2n) is 10.7. The van der Waals surface area contributed by atoms with Gasteiger partial charge in [-0.2, -0.15) is 0 Å². The fraction of sp³-hybridized carbons (Fsp3) is 0.250. The molecule has 0 spiro atoms. The number of rotatable bonds is 6. The van der Waals surface area contributed by atoms with E-state index in [9.17, 15) is 14.7 Å². The fourth-order valence-corrected chi connectivity index (χ4v) is 5.11. The molecule has 2 heterocycles. The van der Waals surface area contributed by atoms with Crippen LogP contribution < -0.4 is 4.74 Å². The SMILES string of the molecule is COc1ccc(C(O)=C2C(=O)C(=O)N(CCc3c[nH]c4ccccc34)[C@H]2c2ccc(C(C)(C)C)cc2)cc1. The maximum absolute atomic E-state index is 13.4. The van der Waals surface area contributed by atoms with Crippen molar-refractivity contribution in [2.24, 2.45) is 0 Å². The van der Waals surface area contributed by atoms with E-state index in [4.69, 9.17) is 4.74 Å². The molecule has 1 fully saturated rings. The van der Waals surface area contributed by atoms with Gasteiger partial charge in [0, 0.05) is 29.2 Å². The van der Waals surface area contributed by atoms with Crippen molar-refractivity contribution in [3.05, 3.63) is 107 Å². The lowest BCUT2D eigenvalue weighted by Gasteiger charge is -2.26. The third-order valence-electron chi connectivity index (χ3n) is 7.29. The number of hydrogen-bond donors (Lipinski definition) is 2. The number of fused-ring (bicyclic) bond motifs is 1. The number of carbonyl (C=O) groups excluding carboxylic acids is 2. The second-order valence-corrected chi connectivity index (χ2v) is 10.7. The Bertz CT molecular complexity index is 1520. The first-order valence-electron chi connectivity index (χ1n) is 12.8. The summed E-state index contributed by atoms with van der Waals surface area (Å²) in [6.07, 6.45) is 2.52. The monoisotopic (exact) mass is 508 g/mol. The lowest BCUT2D eigenvalue weighted by Crippen LogP contribution is -2.31. The average Bonchev–Trinajstić information content (AvgIpc) is 3.45. The molecule has 1 aliphatic heterocycles. The Balaban J connectivity index is 1.56. The maximum atomic E-state index is 13.4. The van der Waals surface area contributed by atoms with Gasteiger partial charge in [0.05, 0.1) is 18.7 Å². The van der Waals surface area contributed by atoms with Gasteiger partial charge >= 0.3 is 0 Å². The molecule has 1 saturated heterocycles. The van der Waals surface area contributed by atoms with Crippen LogP contribution in [0, 0.1) is 0 Å². The number of H-pyrrole nitrogens is 1. The van der Waals surface area contributed by atoms with E-state index < -0.39 is 17.7 Å². The number of aromatic amines is 1. The Morgan fingerprint density at radius 3 is 2.32 bits per heavy atom. The minimum Gasteiger partial charge on any atom is -0.507 e. The summed E-state index contributed by atoms with van der Waals surface area (Å²) in [7, 11) is 1.56. The number of aliphatic hydroxyl groups is 1. The number of para-hydroxylation sites is 1. The van der Waals surface area contributed by atoms with Crippen molar-refractivity contribution < 1.29 is 19.4 Å². The number of likely N-dealkylation sites (tertiary alicyclic amines) is 1. The molecular formula is C32H32N2O4. The van der Waals surface area contributed by atoms with E-state index in [2.05, 4.69) is 25.8 Å². The molecule has 6 heteroatoms. The van der Waals surface area contributed by atoms with Crippen LogP contribution in [-0.2, 0) is 21.4 Å². The molecule has 0 saturated carbocycles. The molecule has 3 aromatic carbocycles. The summed E-state index contributed by atoms with van der Waals surface area (Å²) in [4.78, 5) is 31.6. The number of nitrogens with zero attached hydrogens (tertiary/aromatic N) is 1. The summed E-state index contributed by atoms with van der Waals surface area (Å²) >= 11 is 0. The lowest BCUT2D eigenvalue weighted by atomic mass is 9.85. The van der Waals surface area contributed by atoms with Crippen LogP contribution in [0.25, 0.3) is 16.7 Å². The van der Waals surface area contributed by atoms with Crippen LogP contribution in [-0.4, -0.2) is 40.3 Å². The molecule has 1 aliphatic rings. The van der Waals surface area contributed by atoms with Crippen molar-refractivity contribution in [1.29, 1.82) is 0 Å². The molecule has 194 valence electrons. The van der Waals surface area contributed by atoms with Gasteiger partial charge in [0.2, 0.25) is 0 Å². The van der Waals surface area contributed by atoms with E-state index in [1.54, 1.807) is 36.3 Å². The molecule has 0 radical (unpaired) electrons. The average molecular weight is 509 g/mol. The molecule has 4 aromatic rings. The van der Waals surface area contributed by atoms with Crippen LogP contribution in [0.4, 0.5) is 0 Å². The van der Waals surface area contributed by atoms with Gasteiger partial charge < -0.3 is 19.7 Å². The topological polar surface area (TPSA) is 82.6 Å². The Morgan fingerprint density at radius 1 is 0.974 bits per heavy atom. The normalized spacial score (nSPS) is 17.4. The number of hydrogen-bond acceptors (Lipinski definition) is 4. The van der Waals surface area contributed by atoms with Crippen LogP contribution >= 0.6 is 0 Å². The van der Waals surface area contributed by atoms with Crippen LogP contribution in [0.5, 0.6) is 5.75 Å². The van der Waals surface area contributed by atoms with Crippen LogP contribution in [0.1, 0.15) is 49.1 Å². The molecule has 5 rings (SSSR count). The minimum atomic E-state index is -0.698. The first-order valence-corrected chi connectivity index (χ1v) is 12.8. The predicted molar refractivity (Wildman–Crippen MR) is 149 cm³/mol. The zero-order valence-electron chi connectivity index (χ0n) is 22.1. The zero-order valence-corrected chi connectivity index (χ0v) is 22.1. The summed E-state index contributed by atoms with van der Waals surface area (Å²) < 4.78 is 5.23. The molecule has 38 heavy (non-hydrogen) atoms. The van der Waals surface area contributed by atoms with Gasteiger partial charge in [-0.3, -0.25) is 9.59 Å². The standard InChI is InChI=1S/C32H32N2O4/c1-32(2,3)23-13-9-20(10-14-23)28-27(29(35)21-11-15-24(38-4)16-12-21)30(36)31(37)34(28)18-17-22-19-33-26-8-6-5-7-25(22)26/h5-16,19,28,33,35H,17-18H2,1-4H3/t28-/m0/s1. The van der Waals surface area contributed by atoms with Crippen molar-refractivity contribution in [2.45, 2.75) is 38.6 Å². The molecule has 1 atom stereocenters. The van der Waals surface area contributed by atoms with E-state index in [0.717, 1.165) is 27.6 Å². The summed E-state index contributed by atoms with van der Waals surface area (Å²) in [6.45, 7) is 6.74. The van der Waals surface area contributed by atoms with E-state index in [1.165, 1.54) is 0 Å². The van der Waals surface area contributed by atoms with Gasteiger partial charge in [0.25, 0.3) is 11.7 Å². The van der Waals surface area contributed by atoms with Crippen molar-refractivity contribution in [2.75, 3.05) is 13.7 Å². The summed E-state index contributed by atoms with van der Waals surface area (Å²) in [5.74, 6) is -0.840. The molecule has 1 amide bonds. The van der Waals surface area contributed by atoms with Gasteiger partial charge in [0.1, 0.15) is 11.5 Å². The quantitative estimate of drug-likeness (QED) is 0.186. The Kier molecular flexibility index (Phi) is 6.57. The third-order valence-corrected chi connectivity index (χ3v) is 7.29. The molecular weight excluding hydrogens is 476 g/mol. The first kappa shape index (κ1) is 25.3. The van der Waals surface area contributed by atoms with E-state index >= 15 is 0 Å². The molecule has 1 aromatic heterocycles. The number of benzene rings is 3. The second kappa shape index (κ2) is 9.86. The van der Waals surface area contributed by atoms with E-state index in [1.807, 2.05) is 54.7 Å². The van der Waals surface area contributed by atoms with Gasteiger partial charge in [-0.15, -0.1) is 0 Å². The predicted octanol–water partition coefficient (Wildman–Crippen LogP) is 6.14. The zero-order chi connectivity index (χ0) is 27.0. The Labute approximate surface area is 222 Å². The molecule has 0 aliphatic carbocycles. The highest BCUT2D eigenvalue weighted by Crippen LogP contribution is 2.40. The highest BCUT2D eigenvalue weighted by Gasteiger charge is 2.46. The van der Waals surface area contributed by atoms with Gasteiger partial charge in [-0.1, -0.05) is 63.2 Å². The van der Waals surface area contributed by atoms with Crippen LogP contribution in [0.3, 0.4) is 0 Å². The summed E-state index contributed by atoms with van der Waals surface area (Å²) in [6, 6.07) is 22.1. The Hall–Kier alpha value is -4.32. The number of Topliss-reactive ketones (excluding diaryl/α,β-unsaturated/α-hetero) is 1. The van der Waals surface area contributed by atoms with E-state index in [-0.39, 0.29) is 16.7 Å². The number of nitrogens with one attached hydrogen (secondary N) is 1. The van der Waals surface area contributed by atoms with Crippen molar-refractivity contribution >= 4 is 28.4 Å². The number of ketones is 1. The smallest absolute Gasteiger partial charge is 0.295 e. The van der Waals surface area contributed by atoms with Crippen molar-refractivity contribution in [3.8, 4) is 5.75 Å². The fourth-order valence-electron chi connectivity index (χ4n) is 5.11. The first-order chi connectivity index (χ1) is 18.2. The molecule has 0 bridgehead atoms. The molecule has 6 nitrogen and oxygen atoms in total. The summed E-state index contributed by atoms with van der Waals surface area (Å²) in [5.41, 5.74) is 4.54. The van der Waals surface area contributed by atoms with Crippen LogP contribution in [0.2, 0.25) is 0 Å². The molecule has 2 N–H and O–H groups in total. The number of aliphatic hydroxyl groups excluding tert-OH is 1. The minimum absolute atomic E-state index is 0.0429. The van der Waals surface area contributed by atoms with Gasteiger partial charge in [0.15, 0.2) is 0 Å². The largest absolute Gasteiger partial charge is 0.507 e. The Morgan fingerprint density at radius 2 is 1.66 bits per heavy atom. The number of carbonyl (C=O) groups is 2. The van der Waals surface area contributed by atoms with Crippen molar-refractivity contribution in [1.82, 2.24) is 9.88 Å². The van der Waals surface area contributed by atoms with Gasteiger partial charge in [-0.05, 0) is 58.9 Å². The highest BCUT2D eigenvalue weighted by molar-refractivity contribution is 6.46. The highest BCUT2D eigenvalue weighted by atomic mass is 16.5. The number of methoxy groups -OCH3 is 1.